The summed E-state index contributed by atoms with van der Waals surface area (Å²) in [5.41, 5.74) is 2.03. The highest BCUT2D eigenvalue weighted by Gasteiger charge is 2.24. The molecule has 1 atom stereocenters. The van der Waals surface area contributed by atoms with Crippen LogP contribution >= 0.6 is 0 Å². The Morgan fingerprint density at radius 1 is 1.32 bits per heavy atom. The second-order valence-corrected chi connectivity index (χ2v) is 6.31. The molecule has 1 unspecified atom stereocenters. The number of likely N-dealkylation sites (tertiary alicyclic amines) is 1. The van der Waals surface area contributed by atoms with E-state index in [2.05, 4.69) is 22.2 Å². The van der Waals surface area contributed by atoms with E-state index in [0.717, 1.165) is 50.0 Å². The molecule has 1 aliphatic heterocycles. The molecule has 1 aliphatic rings. The van der Waals surface area contributed by atoms with Gasteiger partial charge in [0.25, 0.3) is 0 Å². The van der Waals surface area contributed by atoms with Crippen LogP contribution in [0.15, 0.2) is 47.6 Å². The number of rotatable bonds is 6. The summed E-state index contributed by atoms with van der Waals surface area (Å²) in [6.45, 7) is 6.38. The van der Waals surface area contributed by atoms with E-state index in [1.54, 1.807) is 7.11 Å². The van der Waals surface area contributed by atoms with E-state index in [9.17, 15) is 0 Å². The van der Waals surface area contributed by atoms with Gasteiger partial charge in [-0.05, 0) is 31.5 Å². The fourth-order valence-electron chi connectivity index (χ4n) is 3.15. The molecule has 0 spiro atoms. The van der Waals surface area contributed by atoms with Crippen molar-refractivity contribution in [1.82, 2.24) is 20.0 Å². The van der Waals surface area contributed by atoms with Gasteiger partial charge in [0.05, 0.1) is 24.5 Å². The maximum Gasteiger partial charge on any atom is 0.194 e. The van der Waals surface area contributed by atoms with Crippen LogP contribution in [-0.2, 0) is 11.3 Å². The number of aromatic nitrogens is 2. The van der Waals surface area contributed by atoms with Gasteiger partial charge in [-0.25, -0.2) is 9.67 Å². The van der Waals surface area contributed by atoms with E-state index >= 15 is 0 Å². The molecule has 25 heavy (non-hydrogen) atoms. The van der Waals surface area contributed by atoms with Crippen molar-refractivity contribution in [2.45, 2.75) is 19.9 Å². The molecule has 0 bridgehead atoms. The Balaban J connectivity index is 1.65. The Bertz CT molecular complexity index is 682. The average Bonchev–Trinajstić information content (AvgIpc) is 3.29. The Morgan fingerprint density at radius 3 is 2.92 bits per heavy atom. The topological polar surface area (TPSA) is 54.7 Å². The van der Waals surface area contributed by atoms with Gasteiger partial charge in [-0.15, -0.1) is 0 Å². The molecule has 1 N–H and O–H groups in total. The first kappa shape index (κ1) is 17.5. The number of hydrogen-bond donors (Lipinski definition) is 1. The largest absolute Gasteiger partial charge is 0.384 e. The van der Waals surface area contributed by atoms with Gasteiger partial charge in [0.15, 0.2) is 5.96 Å². The number of guanidine groups is 1. The summed E-state index contributed by atoms with van der Waals surface area (Å²) < 4.78 is 7.18. The Hall–Kier alpha value is -2.34. The number of ether oxygens (including phenoxy) is 1. The van der Waals surface area contributed by atoms with Crippen molar-refractivity contribution in [3.63, 3.8) is 0 Å². The van der Waals surface area contributed by atoms with Crippen molar-refractivity contribution in [1.29, 1.82) is 0 Å². The zero-order valence-electron chi connectivity index (χ0n) is 15.1. The fourth-order valence-corrected chi connectivity index (χ4v) is 3.15. The summed E-state index contributed by atoms with van der Waals surface area (Å²) in [4.78, 5) is 7.10. The van der Waals surface area contributed by atoms with Crippen LogP contribution in [0.3, 0.4) is 0 Å². The molecule has 0 saturated carbocycles. The Labute approximate surface area is 149 Å². The zero-order chi connectivity index (χ0) is 17.5. The van der Waals surface area contributed by atoms with E-state index in [1.165, 1.54) is 0 Å². The van der Waals surface area contributed by atoms with Crippen LogP contribution in [0.2, 0.25) is 0 Å². The lowest BCUT2D eigenvalue weighted by Gasteiger charge is -2.21. The van der Waals surface area contributed by atoms with Crippen LogP contribution in [-0.4, -0.2) is 54.0 Å². The quantitative estimate of drug-likeness (QED) is 0.647. The van der Waals surface area contributed by atoms with Gasteiger partial charge in [-0.1, -0.05) is 18.2 Å². The predicted octanol–water partition coefficient (Wildman–Crippen LogP) is 2.31. The molecule has 1 fully saturated rings. The van der Waals surface area contributed by atoms with Crippen molar-refractivity contribution in [2.24, 2.45) is 10.9 Å². The maximum atomic E-state index is 5.29. The minimum atomic E-state index is 0.577. The van der Waals surface area contributed by atoms with Crippen LogP contribution < -0.4 is 5.32 Å². The highest BCUT2D eigenvalue weighted by atomic mass is 16.5. The number of aliphatic imine (C=N–C) groups is 1. The van der Waals surface area contributed by atoms with Crippen LogP contribution in [0.5, 0.6) is 0 Å². The lowest BCUT2D eigenvalue weighted by molar-refractivity contribution is 0.157. The third kappa shape index (κ3) is 4.60. The summed E-state index contributed by atoms with van der Waals surface area (Å²) in [5.74, 6) is 1.56. The number of nitrogens with zero attached hydrogens (tertiary/aromatic N) is 4. The van der Waals surface area contributed by atoms with Gasteiger partial charge in [0.1, 0.15) is 0 Å². The normalized spacial score (nSPS) is 17.9. The van der Waals surface area contributed by atoms with Crippen molar-refractivity contribution < 1.29 is 4.74 Å². The van der Waals surface area contributed by atoms with Gasteiger partial charge < -0.3 is 15.0 Å². The summed E-state index contributed by atoms with van der Waals surface area (Å²) in [5, 5.41) is 8.02. The van der Waals surface area contributed by atoms with Crippen LogP contribution in [0, 0.1) is 5.92 Å². The van der Waals surface area contributed by atoms with Crippen LogP contribution in [0.1, 0.15) is 19.0 Å². The van der Waals surface area contributed by atoms with Gasteiger partial charge in [-0.2, -0.15) is 5.10 Å². The monoisotopic (exact) mass is 341 g/mol. The number of hydrogen-bond acceptors (Lipinski definition) is 3. The van der Waals surface area contributed by atoms with E-state index in [1.807, 2.05) is 47.3 Å². The first-order valence-electron chi connectivity index (χ1n) is 8.92. The van der Waals surface area contributed by atoms with Crippen molar-refractivity contribution >= 4 is 5.96 Å². The third-order valence-electron chi connectivity index (χ3n) is 4.38. The van der Waals surface area contributed by atoms with E-state index in [0.29, 0.717) is 12.5 Å². The van der Waals surface area contributed by atoms with Gasteiger partial charge in [0, 0.05) is 38.9 Å². The summed E-state index contributed by atoms with van der Waals surface area (Å²) in [6.07, 6.45) is 3.14. The van der Waals surface area contributed by atoms with Crippen molar-refractivity contribution in [3.8, 4) is 5.69 Å². The fraction of sp³-hybridized carbons (Fsp3) is 0.474. The molecule has 134 valence electrons. The smallest absolute Gasteiger partial charge is 0.194 e. The molecule has 3 rings (SSSR count). The Kier molecular flexibility index (Phi) is 6.06. The standard InChI is InChI=1S/C19H27N5O/c1-3-20-19(23-11-9-16(14-23)15-25-2)21-13-17-10-12-24(22-17)18-7-5-4-6-8-18/h4-8,10,12,16H,3,9,11,13-15H2,1-2H3,(H,20,21). The SMILES string of the molecule is CCNC(=NCc1ccn(-c2ccccc2)n1)N1CCC(COC)C1. The molecule has 6 heteroatoms. The average molecular weight is 341 g/mol. The Morgan fingerprint density at radius 2 is 2.16 bits per heavy atom. The molecule has 1 aromatic carbocycles. The van der Waals surface area contributed by atoms with Crippen molar-refractivity contribution in [2.75, 3.05) is 33.4 Å². The summed E-state index contributed by atoms with van der Waals surface area (Å²) in [7, 11) is 1.77. The molecule has 1 aromatic heterocycles. The summed E-state index contributed by atoms with van der Waals surface area (Å²) >= 11 is 0. The number of methoxy groups -OCH3 is 1. The van der Waals surface area contributed by atoms with Gasteiger partial charge >= 0.3 is 0 Å². The number of nitrogens with one attached hydrogen (secondary N) is 1. The minimum Gasteiger partial charge on any atom is -0.384 e. The number of benzene rings is 1. The molecule has 2 aromatic rings. The van der Waals surface area contributed by atoms with E-state index in [4.69, 9.17) is 9.73 Å². The lowest BCUT2D eigenvalue weighted by atomic mass is 10.1. The van der Waals surface area contributed by atoms with Crippen LogP contribution in [0.4, 0.5) is 0 Å². The lowest BCUT2D eigenvalue weighted by Crippen LogP contribution is -2.40. The third-order valence-corrected chi connectivity index (χ3v) is 4.38. The molecule has 0 amide bonds. The van der Waals surface area contributed by atoms with Gasteiger partial charge in [-0.3, -0.25) is 0 Å². The molecule has 2 heterocycles. The zero-order valence-corrected chi connectivity index (χ0v) is 15.1. The second kappa shape index (κ2) is 8.67. The van der Waals surface area contributed by atoms with Crippen LogP contribution in [0.25, 0.3) is 5.69 Å². The second-order valence-electron chi connectivity index (χ2n) is 6.31. The molecule has 0 radical (unpaired) electrons. The molecule has 6 nitrogen and oxygen atoms in total. The maximum absolute atomic E-state index is 5.29. The molecular formula is C19H27N5O. The highest BCUT2D eigenvalue weighted by Crippen LogP contribution is 2.16. The number of para-hydroxylation sites is 1. The minimum absolute atomic E-state index is 0.577. The summed E-state index contributed by atoms with van der Waals surface area (Å²) in [6, 6.07) is 12.2. The van der Waals surface area contributed by atoms with E-state index in [-0.39, 0.29) is 0 Å². The van der Waals surface area contributed by atoms with E-state index < -0.39 is 0 Å². The predicted molar refractivity (Wildman–Crippen MR) is 99.9 cm³/mol. The molecule has 1 saturated heterocycles. The highest BCUT2D eigenvalue weighted by molar-refractivity contribution is 5.80. The first-order chi connectivity index (χ1) is 12.3. The first-order valence-corrected chi connectivity index (χ1v) is 8.92. The van der Waals surface area contributed by atoms with Crippen molar-refractivity contribution in [3.05, 3.63) is 48.3 Å². The molecular weight excluding hydrogens is 314 g/mol. The molecule has 0 aliphatic carbocycles. The van der Waals surface area contributed by atoms with Gasteiger partial charge in [0.2, 0.25) is 0 Å².